The molecule has 0 radical (unpaired) electrons. The van der Waals surface area contributed by atoms with Crippen LogP contribution in [0.3, 0.4) is 0 Å². The van der Waals surface area contributed by atoms with E-state index in [2.05, 4.69) is 43.2 Å². The normalized spacial score (nSPS) is 15.2. The summed E-state index contributed by atoms with van der Waals surface area (Å²) in [5, 5.41) is 12.4. The number of aryl methyl sites for hydroxylation is 3. The summed E-state index contributed by atoms with van der Waals surface area (Å²) in [5.41, 5.74) is 5.38. The first-order valence-corrected chi connectivity index (χ1v) is 14.5. The van der Waals surface area contributed by atoms with Crippen LogP contribution in [0.2, 0.25) is 5.02 Å². The zero-order valence-electron chi connectivity index (χ0n) is 23.4. The molecule has 212 valence electrons. The van der Waals surface area contributed by atoms with Crippen LogP contribution < -0.4 is 14.8 Å². The number of carbonyl (C=O) groups excluding carboxylic acids is 1. The molecule has 0 aliphatic carbocycles. The maximum atomic E-state index is 13.1. The molecule has 0 unspecified atom stereocenters. The Labute approximate surface area is 245 Å². The fourth-order valence-electron chi connectivity index (χ4n) is 5.74. The highest BCUT2D eigenvalue weighted by Crippen LogP contribution is 2.31. The molecule has 1 saturated heterocycles. The van der Waals surface area contributed by atoms with Gasteiger partial charge in [-0.05, 0) is 98.4 Å². The zero-order valence-corrected chi connectivity index (χ0v) is 24.2. The predicted octanol–water partition coefficient (Wildman–Crippen LogP) is 5.77. The first kappa shape index (κ1) is 27.3. The molecule has 4 aromatic rings. The van der Waals surface area contributed by atoms with Crippen molar-refractivity contribution >= 4 is 23.2 Å². The van der Waals surface area contributed by atoms with Crippen molar-refractivity contribution in [2.75, 3.05) is 25.5 Å². The number of piperidine rings is 1. The van der Waals surface area contributed by atoms with Gasteiger partial charge in [0.2, 0.25) is 5.91 Å². The lowest BCUT2D eigenvalue weighted by Crippen LogP contribution is -2.37. The number of hydrogen-bond acceptors (Lipinski definition) is 6. The molecule has 1 fully saturated rings. The standard InChI is InChI=1S/C32H34ClN5O3/c1-21-35-36-31-12-6-25-18-27(9-10-28(25)38(21)31)34-32(39)24-13-15-37(16-14-24)19-23-5-11-29(30(17-23)40-2)41-20-22-3-7-26(33)8-4-22/h3-5,7-11,17-18,24H,6,12-16,19-20H2,1-2H3,(H,34,39). The van der Waals surface area contributed by atoms with Crippen LogP contribution in [0.25, 0.3) is 5.69 Å². The number of benzene rings is 3. The average Bonchev–Trinajstić information content (AvgIpc) is 3.38. The second-order valence-corrected chi connectivity index (χ2v) is 11.2. The Morgan fingerprint density at radius 1 is 0.976 bits per heavy atom. The SMILES string of the molecule is COc1cc(CN2CCC(C(=O)Nc3ccc4c(c3)CCc3nnc(C)n3-4)CC2)ccc1OCc1ccc(Cl)cc1. The second kappa shape index (κ2) is 11.9. The van der Waals surface area contributed by atoms with Gasteiger partial charge < -0.3 is 14.8 Å². The van der Waals surface area contributed by atoms with Crippen LogP contribution in [-0.2, 0) is 30.8 Å². The summed E-state index contributed by atoms with van der Waals surface area (Å²) in [6, 6.07) is 19.9. The van der Waals surface area contributed by atoms with Crippen LogP contribution in [0.15, 0.2) is 60.7 Å². The minimum Gasteiger partial charge on any atom is -0.493 e. The molecule has 3 heterocycles. The average molecular weight is 572 g/mol. The smallest absolute Gasteiger partial charge is 0.227 e. The van der Waals surface area contributed by atoms with Gasteiger partial charge in [-0.1, -0.05) is 29.8 Å². The van der Waals surface area contributed by atoms with Gasteiger partial charge in [-0.2, -0.15) is 0 Å². The number of methoxy groups -OCH3 is 1. The molecule has 0 bridgehead atoms. The van der Waals surface area contributed by atoms with Gasteiger partial charge in [-0.15, -0.1) is 10.2 Å². The number of anilines is 1. The Hall–Kier alpha value is -3.88. The number of amides is 1. The Kier molecular flexibility index (Phi) is 7.94. The number of nitrogens with one attached hydrogen (secondary N) is 1. The number of ether oxygens (including phenoxy) is 2. The molecule has 1 amide bonds. The van der Waals surface area contributed by atoms with Crippen molar-refractivity contribution in [1.82, 2.24) is 19.7 Å². The number of fused-ring (bicyclic) bond motifs is 3. The monoisotopic (exact) mass is 571 g/mol. The lowest BCUT2D eigenvalue weighted by molar-refractivity contribution is -0.121. The van der Waals surface area contributed by atoms with E-state index in [0.717, 1.165) is 79.5 Å². The van der Waals surface area contributed by atoms with Crippen molar-refractivity contribution in [3.8, 4) is 17.2 Å². The number of aromatic nitrogens is 3. The van der Waals surface area contributed by atoms with Crippen LogP contribution in [0, 0.1) is 12.8 Å². The highest BCUT2D eigenvalue weighted by atomic mass is 35.5. The number of nitrogens with zero attached hydrogens (tertiary/aromatic N) is 4. The van der Waals surface area contributed by atoms with Crippen LogP contribution in [0.1, 0.15) is 41.2 Å². The molecule has 6 rings (SSSR count). The number of likely N-dealkylation sites (tertiary alicyclic amines) is 1. The Balaban J connectivity index is 1.01. The van der Waals surface area contributed by atoms with Crippen molar-refractivity contribution < 1.29 is 14.3 Å². The molecular weight excluding hydrogens is 538 g/mol. The van der Waals surface area contributed by atoms with E-state index in [1.165, 1.54) is 5.56 Å². The predicted molar refractivity (Wildman–Crippen MR) is 159 cm³/mol. The van der Waals surface area contributed by atoms with E-state index in [1.54, 1.807) is 7.11 Å². The quantitative estimate of drug-likeness (QED) is 0.289. The topological polar surface area (TPSA) is 81.5 Å². The van der Waals surface area contributed by atoms with Crippen LogP contribution in [-0.4, -0.2) is 45.8 Å². The van der Waals surface area contributed by atoms with Gasteiger partial charge >= 0.3 is 0 Å². The molecule has 2 aliphatic rings. The molecular formula is C32H34ClN5O3. The lowest BCUT2D eigenvalue weighted by atomic mass is 9.95. The van der Waals surface area contributed by atoms with E-state index in [-0.39, 0.29) is 11.8 Å². The summed E-state index contributed by atoms with van der Waals surface area (Å²) in [7, 11) is 1.66. The fraction of sp³-hybridized carbons (Fsp3) is 0.344. The summed E-state index contributed by atoms with van der Waals surface area (Å²) in [6.45, 7) is 4.95. The largest absolute Gasteiger partial charge is 0.493 e. The third kappa shape index (κ3) is 6.09. The summed E-state index contributed by atoms with van der Waals surface area (Å²) in [4.78, 5) is 15.5. The van der Waals surface area contributed by atoms with Crippen molar-refractivity contribution in [3.63, 3.8) is 0 Å². The Morgan fingerprint density at radius 3 is 2.54 bits per heavy atom. The summed E-state index contributed by atoms with van der Waals surface area (Å²) in [6.07, 6.45) is 3.42. The van der Waals surface area contributed by atoms with E-state index >= 15 is 0 Å². The highest BCUT2D eigenvalue weighted by molar-refractivity contribution is 6.30. The summed E-state index contributed by atoms with van der Waals surface area (Å²) in [5.74, 6) is 3.42. The summed E-state index contributed by atoms with van der Waals surface area (Å²) < 4.78 is 13.7. The third-order valence-corrected chi connectivity index (χ3v) is 8.25. The van der Waals surface area contributed by atoms with E-state index in [4.69, 9.17) is 21.1 Å². The van der Waals surface area contributed by atoms with Gasteiger partial charge in [0.05, 0.1) is 12.8 Å². The maximum absolute atomic E-state index is 13.1. The van der Waals surface area contributed by atoms with Crippen LogP contribution in [0.5, 0.6) is 11.5 Å². The molecule has 3 aromatic carbocycles. The van der Waals surface area contributed by atoms with Crippen molar-refractivity contribution in [2.24, 2.45) is 5.92 Å². The van der Waals surface area contributed by atoms with Gasteiger partial charge in [0, 0.05) is 29.6 Å². The van der Waals surface area contributed by atoms with Gasteiger partial charge in [-0.3, -0.25) is 14.3 Å². The maximum Gasteiger partial charge on any atom is 0.227 e. The van der Waals surface area contributed by atoms with E-state index in [1.807, 2.05) is 49.4 Å². The van der Waals surface area contributed by atoms with E-state index in [9.17, 15) is 4.79 Å². The Bertz CT molecular complexity index is 1540. The van der Waals surface area contributed by atoms with E-state index < -0.39 is 0 Å². The van der Waals surface area contributed by atoms with Gasteiger partial charge in [0.25, 0.3) is 0 Å². The minimum absolute atomic E-state index is 0.00663. The van der Waals surface area contributed by atoms with Crippen LogP contribution >= 0.6 is 11.6 Å². The number of rotatable bonds is 8. The molecule has 0 saturated carbocycles. The fourth-order valence-corrected chi connectivity index (χ4v) is 5.86. The number of halogens is 1. The molecule has 2 aliphatic heterocycles. The lowest BCUT2D eigenvalue weighted by Gasteiger charge is -2.31. The van der Waals surface area contributed by atoms with Crippen molar-refractivity contribution in [1.29, 1.82) is 0 Å². The highest BCUT2D eigenvalue weighted by Gasteiger charge is 2.26. The molecule has 8 nitrogen and oxygen atoms in total. The van der Waals surface area contributed by atoms with Gasteiger partial charge in [0.15, 0.2) is 11.5 Å². The van der Waals surface area contributed by atoms with Gasteiger partial charge in [0.1, 0.15) is 18.3 Å². The summed E-state index contributed by atoms with van der Waals surface area (Å²) >= 11 is 5.98. The first-order chi connectivity index (χ1) is 20.0. The van der Waals surface area contributed by atoms with Crippen LogP contribution in [0.4, 0.5) is 5.69 Å². The van der Waals surface area contributed by atoms with Crippen molar-refractivity contribution in [3.05, 3.63) is 94.0 Å². The van der Waals surface area contributed by atoms with Gasteiger partial charge in [-0.25, -0.2) is 0 Å². The Morgan fingerprint density at radius 2 is 1.76 bits per heavy atom. The molecule has 0 spiro atoms. The molecule has 41 heavy (non-hydrogen) atoms. The molecule has 9 heteroatoms. The molecule has 0 atom stereocenters. The zero-order chi connectivity index (χ0) is 28.3. The van der Waals surface area contributed by atoms with Crippen molar-refractivity contribution in [2.45, 2.75) is 45.8 Å². The minimum atomic E-state index is 0.00663. The first-order valence-electron chi connectivity index (χ1n) is 14.1. The molecule has 1 aromatic heterocycles. The third-order valence-electron chi connectivity index (χ3n) is 8.00. The van der Waals surface area contributed by atoms with E-state index in [0.29, 0.717) is 23.1 Å². The number of hydrogen-bond donors (Lipinski definition) is 1. The number of carbonyl (C=O) groups is 1. The molecule has 1 N–H and O–H groups in total. The second-order valence-electron chi connectivity index (χ2n) is 10.8.